The van der Waals surface area contributed by atoms with E-state index >= 15 is 0 Å². The first kappa shape index (κ1) is 46.8. The van der Waals surface area contributed by atoms with Crippen LogP contribution < -0.4 is 30.6 Å². The van der Waals surface area contributed by atoms with Gasteiger partial charge in [0, 0.05) is 112 Å². The van der Waals surface area contributed by atoms with E-state index in [-0.39, 0.29) is 11.7 Å². The fourth-order valence-corrected chi connectivity index (χ4v) is 10.4. The number of rotatable bonds is 18. The Labute approximate surface area is 395 Å². The van der Waals surface area contributed by atoms with Crippen LogP contribution in [0.3, 0.4) is 0 Å². The van der Waals surface area contributed by atoms with Gasteiger partial charge in [0.05, 0.1) is 28.3 Å². The van der Waals surface area contributed by atoms with Crippen molar-refractivity contribution in [2.45, 2.75) is 23.1 Å². The number of hydrogen-bond acceptors (Lipinski definition) is 11. The molecule has 2 aliphatic rings. The number of piperazine rings is 2. The van der Waals surface area contributed by atoms with Gasteiger partial charge in [0.15, 0.2) is 4.90 Å². The molecule has 1 aromatic heterocycles. The summed E-state index contributed by atoms with van der Waals surface area (Å²) in [6.07, 6.45) is 0.874. The normalized spacial score (nSPS) is 15.1. The average Bonchev–Trinajstić information content (AvgIpc) is 3.62. The number of benzene rings is 5. The lowest BCUT2D eigenvalue weighted by Gasteiger charge is -2.37. The van der Waals surface area contributed by atoms with Crippen LogP contribution in [0, 0.1) is 12.7 Å². The second-order valence-corrected chi connectivity index (χ2v) is 19.2. The van der Waals surface area contributed by atoms with Gasteiger partial charge in [0.1, 0.15) is 17.2 Å². The number of carbonyl (C=O) groups is 1. The Bertz CT molecular complexity index is 2530. The first-order chi connectivity index (χ1) is 32.1. The molecule has 0 aliphatic carbocycles. The zero-order chi connectivity index (χ0) is 46.0. The summed E-state index contributed by atoms with van der Waals surface area (Å²) in [6.45, 7) is 11.6. The molecule has 8 rings (SSSR count). The summed E-state index contributed by atoms with van der Waals surface area (Å²) in [4.78, 5) is 25.4. The molecule has 0 radical (unpaired) electrons. The Morgan fingerprint density at radius 2 is 1.47 bits per heavy atom. The molecule has 346 valence electrons. The number of carbonyl (C=O) groups excluding carboxylic acids is 1. The largest absolute Gasteiger partial charge is 0.588 e. The molecule has 0 spiro atoms. The van der Waals surface area contributed by atoms with Crippen molar-refractivity contribution in [2.75, 3.05) is 110 Å². The molecule has 0 bridgehead atoms. The van der Waals surface area contributed by atoms with Gasteiger partial charge in [-0.25, -0.2) is 9.11 Å². The fourth-order valence-electron chi connectivity index (χ4n) is 8.72. The summed E-state index contributed by atoms with van der Waals surface area (Å²) in [6, 6.07) is 38.4. The zero-order valence-corrected chi connectivity index (χ0v) is 39.6. The minimum Gasteiger partial charge on any atom is -0.588 e. The highest BCUT2D eigenvalue weighted by Gasteiger charge is 2.27. The van der Waals surface area contributed by atoms with Crippen molar-refractivity contribution in [3.05, 3.63) is 138 Å². The smallest absolute Gasteiger partial charge is 0.253 e. The predicted octanol–water partition coefficient (Wildman–Crippen LogP) is 8.64. The summed E-state index contributed by atoms with van der Waals surface area (Å²) in [5.41, 5.74) is 11.3. The number of nitrogens with zero attached hydrogens (tertiary/aromatic N) is 5. The molecule has 15 heteroatoms. The lowest BCUT2D eigenvalue weighted by atomic mass is 9.95. The molecule has 5 N–H and O–H groups in total. The highest BCUT2D eigenvalue weighted by molar-refractivity contribution is 7.99. The third kappa shape index (κ3) is 11.5. The number of thioether (sulfide) groups is 1. The summed E-state index contributed by atoms with van der Waals surface area (Å²) in [5, 5.41) is 16.4. The highest BCUT2D eigenvalue weighted by Crippen LogP contribution is 2.40. The zero-order valence-electron chi connectivity index (χ0n) is 37.9. The average molecular weight is 930 g/mol. The first-order valence-corrected chi connectivity index (χ1v) is 24.8. The lowest BCUT2D eigenvalue weighted by molar-refractivity contribution is 0.0949. The van der Waals surface area contributed by atoms with Gasteiger partial charge in [-0.1, -0.05) is 30.3 Å². The van der Waals surface area contributed by atoms with Crippen molar-refractivity contribution in [2.24, 2.45) is 7.05 Å². The van der Waals surface area contributed by atoms with Gasteiger partial charge in [0.25, 0.3) is 5.91 Å². The van der Waals surface area contributed by atoms with Crippen molar-refractivity contribution in [3.63, 3.8) is 0 Å². The van der Waals surface area contributed by atoms with E-state index in [2.05, 4.69) is 88.4 Å². The molecular formula is C51H60FN9O3S2. The molecule has 1 atom stereocenters. The van der Waals surface area contributed by atoms with Crippen molar-refractivity contribution >= 4 is 57.5 Å². The summed E-state index contributed by atoms with van der Waals surface area (Å²) in [5.74, 6) is 0.443. The highest BCUT2D eigenvalue weighted by atomic mass is 32.2. The Morgan fingerprint density at radius 1 is 0.758 bits per heavy atom. The van der Waals surface area contributed by atoms with Crippen molar-refractivity contribution in [3.8, 4) is 22.4 Å². The van der Waals surface area contributed by atoms with Crippen molar-refractivity contribution in [1.29, 1.82) is 0 Å². The van der Waals surface area contributed by atoms with Gasteiger partial charge >= 0.3 is 0 Å². The van der Waals surface area contributed by atoms with Crippen LogP contribution >= 0.6 is 11.8 Å². The molecule has 2 saturated heterocycles. The Balaban J connectivity index is 0.894. The number of anilines is 5. The van der Waals surface area contributed by atoms with E-state index in [0.717, 1.165) is 122 Å². The SMILES string of the molecule is Cc1c(C(=O)NCCCN2CCN(C)CC2)c(-c2cccc(N3CCN(c4ccc(N[S+]([O-])c5ccc(NCCSc6ccccc6)c(NO)c5)cc4)CC3)c2)c(-c2ccc(F)cc2)n1C. The van der Waals surface area contributed by atoms with Gasteiger partial charge in [-0.15, -0.1) is 11.8 Å². The second-order valence-electron chi connectivity index (χ2n) is 16.9. The number of amides is 1. The molecule has 66 heavy (non-hydrogen) atoms. The number of halogens is 1. The third-order valence-electron chi connectivity index (χ3n) is 12.5. The Morgan fingerprint density at radius 3 is 2.18 bits per heavy atom. The second kappa shape index (κ2) is 22.2. The van der Waals surface area contributed by atoms with E-state index in [1.165, 1.54) is 17.0 Å². The molecule has 3 heterocycles. The molecule has 2 aliphatic heterocycles. The predicted molar refractivity (Wildman–Crippen MR) is 270 cm³/mol. The minimum atomic E-state index is -1.56. The fraction of sp³-hybridized carbons (Fsp3) is 0.314. The Kier molecular flexibility index (Phi) is 15.8. The van der Waals surface area contributed by atoms with Crippen LogP contribution in [0.2, 0.25) is 0 Å². The van der Waals surface area contributed by atoms with E-state index in [1.807, 2.05) is 62.5 Å². The number of nitrogens with one attached hydrogen (secondary N) is 4. The number of likely N-dealkylation sites (N-methyl/N-ethyl adjacent to an activating group) is 1. The van der Waals surface area contributed by atoms with Gasteiger partial charge in [-0.2, -0.15) is 0 Å². The van der Waals surface area contributed by atoms with E-state index < -0.39 is 11.4 Å². The maximum absolute atomic E-state index is 14.2. The van der Waals surface area contributed by atoms with Crippen LogP contribution in [0.1, 0.15) is 22.5 Å². The topological polar surface area (TPSA) is 126 Å². The van der Waals surface area contributed by atoms with Crippen molar-refractivity contribution in [1.82, 2.24) is 19.7 Å². The quantitative estimate of drug-likeness (QED) is 0.0246. The third-order valence-corrected chi connectivity index (χ3v) is 14.7. The first-order valence-electron chi connectivity index (χ1n) is 22.6. The van der Waals surface area contributed by atoms with Crippen LogP contribution in [0.5, 0.6) is 0 Å². The van der Waals surface area contributed by atoms with Crippen LogP contribution in [-0.4, -0.2) is 115 Å². The molecule has 6 aromatic rings. The summed E-state index contributed by atoms with van der Waals surface area (Å²) >= 11 is 0.191. The summed E-state index contributed by atoms with van der Waals surface area (Å²) in [7, 11) is 4.13. The maximum atomic E-state index is 14.2. The standard InChI is InChI=1S/C51H60FN9O3S2/c1-37-48(51(62)54-23-8-25-59-28-26-57(2)27-29-59)49(50(58(37)3)38-13-15-40(52)16-14-38)39-9-7-10-43(35-39)61-32-30-60(31-33-61)42-19-17-41(18-20-42)56-66(64)45-21-22-46(47(36-45)55-63)53-24-34-65-44-11-5-4-6-12-44/h4-7,9-22,35-36,53,55-56,63H,8,23-34H2,1-3H3,(H,54,62). The number of hydrogen-bond donors (Lipinski definition) is 5. The molecule has 5 aromatic carbocycles. The number of aromatic nitrogens is 1. The van der Waals surface area contributed by atoms with E-state index in [9.17, 15) is 18.9 Å². The lowest BCUT2D eigenvalue weighted by Crippen LogP contribution is -2.46. The monoisotopic (exact) mass is 929 g/mol. The molecule has 12 nitrogen and oxygen atoms in total. The molecule has 1 unspecified atom stereocenters. The van der Waals surface area contributed by atoms with Crippen LogP contribution in [0.25, 0.3) is 22.4 Å². The maximum Gasteiger partial charge on any atom is 0.253 e. The van der Waals surface area contributed by atoms with E-state index in [4.69, 9.17) is 0 Å². The minimum absolute atomic E-state index is 0.101. The van der Waals surface area contributed by atoms with E-state index in [0.29, 0.717) is 29.2 Å². The van der Waals surface area contributed by atoms with Crippen LogP contribution in [0.4, 0.5) is 32.8 Å². The Hall–Kier alpha value is -5.68. The van der Waals surface area contributed by atoms with Gasteiger partial charge in [-0.05, 0) is 123 Å². The molecule has 0 saturated carbocycles. The van der Waals surface area contributed by atoms with Crippen LogP contribution in [0.15, 0.2) is 131 Å². The van der Waals surface area contributed by atoms with Crippen LogP contribution in [-0.2, 0) is 18.4 Å². The van der Waals surface area contributed by atoms with Gasteiger partial charge < -0.3 is 39.4 Å². The molecular weight excluding hydrogens is 870 g/mol. The molecule has 1 amide bonds. The summed E-state index contributed by atoms with van der Waals surface area (Å²) < 4.78 is 32.7. The van der Waals surface area contributed by atoms with Gasteiger partial charge in [0.2, 0.25) is 0 Å². The van der Waals surface area contributed by atoms with Gasteiger partial charge in [-0.3, -0.25) is 15.5 Å². The van der Waals surface area contributed by atoms with E-state index in [1.54, 1.807) is 36.0 Å². The molecule has 2 fully saturated rings. The van der Waals surface area contributed by atoms with Crippen molar-refractivity contribution < 1.29 is 18.9 Å².